The van der Waals surface area contributed by atoms with Gasteiger partial charge >= 0.3 is 0 Å². The monoisotopic (exact) mass is 177 g/mol. The molecule has 1 fully saturated rings. The van der Waals surface area contributed by atoms with E-state index in [1.165, 1.54) is 4.90 Å². The molecule has 4 heteroatoms. The third kappa shape index (κ3) is 1.93. The van der Waals surface area contributed by atoms with Gasteiger partial charge in [0.05, 0.1) is 6.54 Å². The van der Waals surface area contributed by atoms with E-state index in [1.54, 1.807) is 0 Å². The first-order chi connectivity index (χ1) is 5.59. The fraction of sp³-hybridized carbons (Fsp3) is 0.875. The molecule has 1 atom stereocenters. The molecular weight excluding hydrogens is 164 g/mol. The van der Waals surface area contributed by atoms with Crippen molar-refractivity contribution in [1.29, 1.82) is 0 Å². The molecule has 70 valence electrons. The number of rotatable bonds is 3. The lowest BCUT2D eigenvalue weighted by Gasteiger charge is -2.17. The highest BCUT2D eigenvalue weighted by Crippen LogP contribution is 2.32. The molecule has 1 aliphatic heterocycles. The lowest BCUT2D eigenvalue weighted by atomic mass is 10.1. The van der Waals surface area contributed by atoms with E-state index in [0.717, 1.165) is 6.42 Å². The molecule has 1 heterocycles. The molecule has 1 amide bonds. The second-order valence-electron chi connectivity index (χ2n) is 3.28. The number of hydrogen-bond donors (Lipinski definition) is 0. The highest BCUT2D eigenvalue weighted by molar-refractivity contribution is 5.48. The summed E-state index contributed by atoms with van der Waals surface area (Å²) in [6.07, 6.45) is 1.88. The predicted molar refractivity (Wildman–Crippen MR) is 41.0 cm³/mol. The first kappa shape index (κ1) is 9.42. The van der Waals surface area contributed by atoms with E-state index >= 15 is 0 Å². The molecule has 2 nitrogen and oxygen atoms in total. The first-order valence-electron chi connectivity index (χ1n) is 4.18. The number of likely N-dealkylation sites (tertiary alicyclic amines) is 1. The Morgan fingerprint density at radius 3 is 2.83 bits per heavy atom. The van der Waals surface area contributed by atoms with Crippen LogP contribution in [0.3, 0.4) is 0 Å². The van der Waals surface area contributed by atoms with Crippen LogP contribution in [0.2, 0.25) is 0 Å². The maximum atomic E-state index is 12.8. The van der Waals surface area contributed by atoms with E-state index in [4.69, 9.17) is 0 Å². The molecule has 0 aromatic heterocycles. The standard InChI is InChI=1S/C8H13F2NO/c1-2-3-7-4-8(9,10)5-11(7)6-12/h6-7H,2-5H2,1H3. The topological polar surface area (TPSA) is 20.3 Å². The van der Waals surface area contributed by atoms with Gasteiger partial charge in [0, 0.05) is 12.5 Å². The number of carbonyl (C=O) groups is 1. The van der Waals surface area contributed by atoms with Crippen LogP contribution < -0.4 is 0 Å². The van der Waals surface area contributed by atoms with Crippen molar-refractivity contribution < 1.29 is 13.6 Å². The average molecular weight is 177 g/mol. The normalized spacial score (nSPS) is 27.6. The second-order valence-corrected chi connectivity index (χ2v) is 3.28. The van der Waals surface area contributed by atoms with Crippen molar-refractivity contribution in [2.45, 2.75) is 38.2 Å². The van der Waals surface area contributed by atoms with Crippen molar-refractivity contribution in [3.05, 3.63) is 0 Å². The Kier molecular flexibility index (Phi) is 2.65. The van der Waals surface area contributed by atoms with E-state index in [-0.39, 0.29) is 12.5 Å². The molecule has 0 aromatic carbocycles. The van der Waals surface area contributed by atoms with Gasteiger partial charge in [0.1, 0.15) is 0 Å². The summed E-state index contributed by atoms with van der Waals surface area (Å²) >= 11 is 0. The SMILES string of the molecule is CCCC1CC(F)(F)CN1C=O. The van der Waals surface area contributed by atoms with Gasteiger partial charge in [0.25, 0.3) is 5.92 Å². The number of carbonyl (C=O) groups excluding carboxylic acids is 1. The highest BCUT2D eigenvalue weighted by Gasteiger charge is 2.43. The lowest BCUT2D eigenvalue weighted by Crippen LogP contribution is -2.28. The highest BCUT2D eigenvalue weighted by atomic mass is 19.3. The minimum atomic E-state index is -2.67. The van der Waals surface area contributed by atoms with E-state index in [2.05, 4.69) is 0 Å². The summed E-state index contributed by atoms with van der Waals surface area (Å²) < 4.78 is 25.5. The van der Waals surface area contributed by atoms with E-state index in [9.17, 15) is 13.6 Å². The molecule has 0 aromatic rings. The van der Waals surface area contributed by atoms with Gasteiger partial charge in [-0.1, -0.05) is 13.3 Å². The quantitative estimate of drug-likeness (QED) is 0.600. The van der Waals surface area contributed by atoms with Crippen molar-refractivity contribution in [1.82, 2.24) is 4.90 Å². The summed E-state index contributed by atoms with van der Waals surface area (Å²) in [6.45, 7) is 1.53. The van der Waals surface area contributed by atoms with Crippen molar-refractivity contribution in [2.75, 3.05) is 6.54 Å². The number of nitrogens with zero attached hydrogens (tertiary/aromatic N) is 1. The average Bonchev–Trinajstić information content (AvgIpc) is 2.26. The van der Waals surface area contributed by atoms with Crippen molar-refractivity contribution in [3.63, 3.8) is 0 Å². The number of halogens is 2. The molecule has 0 N–H and O–H groups in total. The molecule has 0 spiro atoms. The van der Waals surface area contributed by atoms with Crippen LogP contribution in [-0.2, 0) is 4.79 Å². The summed E-state index contributed by atoms with van der Waals surface area (Å²) in [5.74, 6) is -2.67. The van der Waals surface area contributed by atoms with Crippen molar-refractivity contribution in [2.24, 2.45) is 0 Å². The van der Waals surface area contributed by atoms with Gasteiger partial charge in [-0.05, 0) is 6.42 Å². The third-order valence-electron chi connectivity index (χ3n) is 2.17. The number of amides is 1. The van der Waals surface area contributed by atoms with E-state index in [1.807, 2.05) is 6.92 Å². The van der Waals surface area contributed by atoms with Crippen LogP contribution in [0.15, 0.2) is 0 Å². The molecule has 1 rings (SSSR count). The summed E-state index contributed by atoms with van der Waals surface area (Å²) in [5.41, 5.74) is 0. The minimum absolute atomic E-state index is 0.167. The predicted octanol–water partition coefficient (Wildman–Crippen LogP) is 1.65. The molecule has 0 bridgehead atoms. The van der Waals surface area contributed by atoms with Crippen molar-refractivity contribution >= 4 is 6.41 Å². The molecule has 1 aliphatic rings. The minimum Gasteiger partial charge on any atom is -0.336 e. The Morgan fingerprint density at radius 2 is 2.33 bits per heavy atom. The van der Waals surface area contributed by atoms with Crippen LogP contribution in [0.25, 0.3) is 0 Å². The van der Waals surface area contributed by atoms with Gasteiger partial charge in [-0.15, -0.1) is 0 Å². The molecule has 0 aliphatic carbocycles. The van der Waals surface area contributed by atoms with Gasteiger partial charge in [-0.25, -0.2) is 8.78 Å². The fourth-order valence-corrected chi connectivity index (χ4v) is 1.65. The van der Waals surface area contributed by atoms with Crippen LogP contribution in [0.5, 0.6) is 0 Å². The molecule has 0 saturated carbocycles. The Labute approximate surface area is 70.5 Å². The fourth-order valence-electron chi connectivity index (χ4n) is 1.65. The maximum Gasteiger partial charge on any atom is 0.267 e. The van der Waals surface area contributed by atoms with Gasteiger partial charge in [-0.3, -0.25) is 4.79 Å². The van der Waals surface area contributed by atoms with Crippen LogP contribution in [0.1, 0.15) is 26.2 Å². The largest absolute Gasteiger partial charge is 0.336 e. The Hall–Kier alpha value is -0.670. The maximum absolute atomic E-state index is 12.8. The zero-order chi connectivity index (χ0) is 9.19. The van der Waals surface area contributed by atoms with E-state index in [0.29, 0.717) is 12.8 Å². The lowest BCUT2D eigenvalue weighted by molar-refractivity contribution is -0.120. The molecule has 0 radical (unpaired) electrons. The van der Waals surface area contributed by atoms with E-state index < -0.39 is 12.5 Å². The third-order valence-corrected chi connectivity index (χ3v) is 2.17. The molecule has 12 heavy (non-hydrogen) atoms. The second kappa shape index (κ2) is 3.37. The van der Waals surface area contributed by atoms with Gasteiger partial charge in [0.15, 0.2) is 0 Å². The van der Waals surface area contributed by atoms with Gasteiger partial charge in [-0.2, -0.15) is 0 Å². The Bertz CT molecular complexity index is 172. The smallest absolute Gasteiger partial charge is 0.267 e. The molecule has 1 saturated heterocycles. The summed E-state index contributed by atoms with van der Waals surface area (Å²) in [7, 11) is 0. The van der Waals surface area contributed by atoms with Crippen LogP contribution >= 0.6 is 0 Å². The number of hydrogen-bond acceptors (Lipinski definition) is 1. The zero-order valence-corrected chi connectivity index (χ0v) is 7.09. The zero-order valence-electron chi connectivity index (χ0n) is 7.09. The summed E-state index contributed by atoms with van der Waals surface area (Å²) in [6, 6.07) is -0.248. The van der Waals surface area contributed by atoms with Crippen LogP contribution in [0.4, 0.5) is 8.78 Å². The van der Waals surface area contributed by atoms with Crippen LogP contribution in [-0.4, -0.2) is 29.8 Å². The van der Waals surface area contributed by atoms with Gasteiger partial charge in [0.2, 0.25) is 6.41 Å². The Balaban J connectivity index is 2.56. The molecule has 1 unspecified atom stereocenters. The van der Waals surface area contributed by atoms with Crippen LogP contribution in [0, 0.1) is 0 Å². The number of alkyl halides is 2. The van der Waals surface area contributed by atoms with Gasteiger partial charge < -0.3 is 4.90 Å². The summed E-state index contributed by atoms with van der Waals surface area (Å²) in [4.78, 5) is 11.6. The Morgan fingerprint density at radius 1 is 1.67 bits per heavy atom. The van der Waals surface area contributed by atoms with Crippen molar-refractivity contribution in [3.8, 4) is 0 Å². The summed E-state index contributed by atoms with van der Waals surface area (Å²) in [5, 5.41) is 0. The first-order valence-corrected chi connectivity index (χ1v) is 4.18. The molecular formula is C8H13F2NO.